The van der Waals surface area contributed by atoms with Gasteiger partial charge in [-0.1, -0.05) is 15.9 Å². The van der Waals surface area contributed by atoms with Crippen LogP contribution in [0.15, 0.2) is 40.9 Å². The van der Waals surface area contributed by atoms with Crippen molar-refractivity contribution in [2.75, 3.05) is 18.2 Å². The molecule has 0 unspecified atom stereocenters. The van der Waals surface area contributed by atoms with Crippen molar-refractivity contribution in [1.29, 1.82) is 5.26 Å². The van der Waals surface area contributed by atoms with Crippen LogP contribution in [0.3, 0.4) is 0 Å². The van der Waals surface area contributed by atoms with Gasteiger partial charge in [-0.2, -0.15) is 5.26 Å². The predicted molar refractivity (Wildman–Crippen MR) is 79.5 cm³/mol. The van der Waals surface area contributed by atoms with Crippen LogP contribution in [0.5, 0.6) is 5.75 Å². The summed E-state index contributed by atoms with van der Waals surface area (Å²) in [6.45, 7) is 0. The third-order valence-electron chi connectivity index (χ3n) is 2.63. The molecule has 19 heavy (non-hydrogen) atoms. The van der Waals surface area contributed by atoms with Crippen molar-refractivity contribution in [3.63, 3.8) is 0 Å². The SMILES string of the molecule is COc1ccc(N)c(Nc2cc(Br)ccc2C#N)c1. The Balaban J connectivity index is 2.41. The first kappa shape index (κ1) is 13.2. The molecule has 0 saturated carbocycles. The fourth-order valence-electron chi connectivity index (χ4n) is 1.63. The third-order valence-corrected chi connectivity index (χ3v) is 3.13. The minimum absolute atomic E-state index is 0.547. The molecule has 5 heteroatoms. The summed E-state index contributed by atoms with van der Waals surface area (Å²) in [5.74, 6) is 0.699. The quantitative estimate of drug-likeness (QED) is 0.847. The Hall–Kier alpha value is -2.19. The van der Waals surface area contributed by atoms with Crippen molar-refractivity contribution < 1.29 is 4.74 Å². The van der Waals surface area contributed by atoms with Gasteiger partial charge in [-0.15, -0.1) is 0 Å². The van der Waals surface area contributed by atoms with Crippen LogP contribution in [-0.2, 0) is 0 Å². The molecule has 96 valence electrons. The first-order valence-electron chi connectivity index (χ1n) is 5.54. The highest BCUT2D eigenvalue weighted by Crippen LogP contribution is 2.30. The standard InChI is InChI=1S/C14H12BrN3O/c1-19-11-4-5-12(17)14(7-11)18-13-6-10(15)3-2-9(13)8-16/h2-7,18H,17H2,1H3. The van der Waals surface area contributed by atoms with Gasteiger partial charge in [-0.05, 0) is 30.3 Å². The van der Waals surface area contributed by atoms with Crippen molar-refractivity contribution in [3.8, 4) is 11.8 Å². The summed E-state index contributed by atoms with van der Waals surface area (Å²) in [6.07, 6.45) is 0. The highest BCUT2D eigenvalue weighted by molar-refractivity contribution is 9.10. The zero-order valence-electron chi connectivity index (χ0n) is 10.3. The fraction of sp³-hybridized carbons (Fsp3) is 0.0714. The van der Waals surface area contributed by atoms with Crippen molar-refractivity contribution in [1.82, 2.24) is 0 Å². The first-order chi connectivity index (χ1) is 9.13. The smallest absolute Gasteiger partial charge is 0.121 e. The summed E-state index contributed by atoms with van der Waals surface area (Å²) in [4.78, 5) is 0. The van der Waals surface area contributed by atoms with Gasteiger partial charge < -0.3 is 15.8 Å². The van der Waals surface area contributed by atoms with Crippen LogP contribution < -0.4 is 15.8 Å². The summed E-state index contributed by atoms with van der Waals surface area (Å²) in [5, 5.41) is 12.2. The van der Waals surface area contributed by atoms with Crippen LogP contribution in [-0.4, -0.2) is 7.11 Å². The maximum atomic E-state index is 9.10. The highest BCUT2D eigenvalue weighted by atomic mass is 79.9. The van der Waals surface area contributed by atoms with Gasteiger partial charge in [0.25, 0.3) is 0 Å². The van der Waals surface area contributed by atoms with E-state index in [0.717, 1.165) is 4.47 Å². The molecule has 0 aliphatic heterocycles. The molecular weight excluding hydrogens is 306 g/mol. The molecule has 2 aromatic carbocycles. The molecule has 0 aliphatic carbocycles. The van der Waals surface area contributed by atoms with E-state index in [2.05, 4.69) is 27.3 Å². The normalized spacial score (nSPS) is 9.74. The average Bonchev–Trinajstić information content (AvgIpc) is 2.41. The maximum absolute atomic E-state index is 9.10. The van der Waals surface area contributed by atoms with Gasteiger partial charge in [0.15, 0.2) is 0 Å². The Morgan fingerprint density at radius 1 is 1.21 bits per heavy atom. The van der Waals surface area contributed by atoms with E-state index >= 15 is 0 Å². The Kier molecular flexibility index (Phi) is 3.93. The number of nitriles is 1. The van der Waals surface area contributed by atoms with E-state index in [0.29, 0.717) is 28.4 Å². The second kappa shape index (κ2) is 5.63. The van der Waals surface area contributed by atoms with Gasteiger partial charge in [0.1, 0.15) is 11.8 Å². The molecule has 0 saturated heterocycles. The number of rotatable bonds is 3. The van der Waals surface area contributed by atoms with E-state index in [1.807, 2.05) is 12.1 Å². The second-order valence-electron chi connectivity index (χ2n) is 3.88. The van der Waals surface area contributed by atoms with Crippen LogP contribution in [0, 0.1) is 11.3 Å². The monoisotopic (exact) mass is 317 g/mol. The lowest BCUT2D eigenvalue weighted by molar-refractivity contribution is 0.415. The molecule has 0 amide bonds. The first-order valence-corrected chi connectivity index (χ1v) is 6.33. The minimum atomic E-state index is 0.547. The van der Waals surface area contributed by atoms with Gasteiger partial charge >= 0.3 is 0 Å². The van der Waals surface area contributed by atoms with Crippen LogP contribution in [0.2, 0.25) is 0 Å². The minimum Gasteiger partial charge on any atom is -0.497 e. The fourth-order valence-corrected chi connectivity index (χ4v) is 1.99. The number of nitrogens with two attached hydrogens (primary N) is 1. The molecule has 0 aliphatic rings. The van der Waals surface area contributed by atoms with Crippen LogP contribution in [0.4, 0.5) is 17.1 Å². The maximum Gasteiger partial charge on any atom is 0.121 e. The molecule has 2 aromatic rings. The molecule has 0 atom stereocenters. The third kappa shape index (κ3) is 2.98. The molecule has 0 aromatic heterocycles. The number of nitrogens with one attached hydrogen (secondary N) is 1. The summed E-state index contributed by atoms with van der Waals surface area (Å²) in [7, 11) is 1.59. The predicted octanol–water partition coefficient (Wildman–Crippen LogP) is 3.66. The number of hydrogen-bond acceptors (Lipinski definition) is 4. The number of hydrogen-bond donors (Lipinski definition) is 2. The zero-order chi connectivity index (χ0) is 13.8. The van der Waals surface area contributed by atoms with E-state index < -0.39 is 0 Å². The summed E-state index contributed by atoms with van der Waals surface area (Å²) in [6, 6.07) is 12.9. The van der Waals surface area contributed by atoms with Crippen molar-refractivity contribution >= 4 is 33.0 Å². The molecule has 0 radical (unpaired) electrons. The highest BCUT2D eigenvalue weighted by Gasteiger charge is 2.06. The van der Waals surface area contributed by atoms with Crippen molar-refractivity contribution in [2.24, 2.45) is 0 Å². The molecular formula is C14H12BrN3O. The van der Waals surface area contributed by atoms with Crippen molar-refractivity contribution in [3.05, 3.63) is 46.4 Å². The Morgan fingerprint density at radius 3 is 2.68 bits per heavy atom. The molecule has 0 spiro atoms. The summed E-state index contributed by atoms with van der Waals surface area (Å²) >= 11 is 3.38. The Bertz CT molecular complexity index is 650. The van der Waals surface area contributed by atoms with Crippen LogP contribution in [0.25, 0.3) is 0 Å². The molecule has 0 fully saturated rings. The number of nitrogens with zero attached hydrogens (tertiary/aromatic N) is 1. The molecule has 4 nitrogen and oxygen atoms in total. The topological polar surface area (TPSA) is 71.1 Å². The number of nitrogen functional groups attached to an aromatic ring is 1. The number of benzene rings is 2. The number of anilines is 3. The van der Waals surface area contributed by atoms with E-state index in [-0.39, 0.29) is 0 Å². The van der Waals surface area contributed by atoms with E-state index in [9.17, 15) is 0 Å². The largest absolute Gasteiger partial charge is 0.497 e. The number of halogens is 1. The van der Waals surface area contributed by atoms with Gasteiger partial charge in [-0.25, -0.2) is 0 Å². The lowest BCUT2D eigenvalue weighted by Gasteiger charge is -2.12. The van der Waals surface area contributed by atoms with E-state index in [4.69, 9.17) is 15.7 Å². The lowest BCUT2D eigenvalue weighted by Crippen LogP contribution is -1.99. The molecule has 2 rings (SSSR count). The van der Waals surface area contributed by atoms with Gasteiger partial charge in [-0.3, -0.25) is 0 Å². The van der Waals surface area contributed by atoms with Gasteiger partial charge in [0, 0.05) is 10.5 Å². The lowest BCUT2D eigenvalue weighted by atomic mass is 10.1. The Labute approximate surface area is 119 Å². The summed E-state index contributed by atoms with van der Waals surface area (Å²) < 4.78 is 6.04. The zero-order valence-corrected chi connectivity index (χ0v) is 11.9. The van der Waals surface area contributed by atoms with Gasteiger partial charge in [0.05, 0.1) is 29.7 Å². The van der Waals surface area contributed by atoms with E-state index in [1.54, 1.807) is 31.4 Å². The molecule has 0 bridgehead atoms. The average molecular weight is 318 g/mol. The number of ether oxygens (including phenoxy) is 1. The van der Waals surface area contributed by atoms with Crippen molar-refractivity contribution in [2.45, 2.75) is 0 Å². The Morgan fingerprint density at radius 2 is 2.00 bits per heavy atom. The molecule has 3 N–H and O–H groups in total. The second-order valence-corrected chi connectivity index (χ2v) is 4.80. The number of methoxy groups -OCH3 is 1. The molecule has 0 heterocycles. The van der Waals surface area contributed by atoms with Crippen LogP contribution >= 0.6 is 15.9 Å². The van der Waals surface area contributed by atoms with E-state index in [1.165, 1.54) is 0 Å². The van der Waals surface area contributed by atoms with Gasteiger partial charge in [0.2, 0.25) is 0 Å². The summed E-state index contributed by atoms with van der Waals surface area (Å²) in [5.41, 5.74) is 8.44. The van der Waals surface area contributed by atoms with Crippen LogP contribution in [0.1, 0.15) is 5.56 Å².